The molecule has 6 heteroatoms. The number of carbonyl (C=O) groups is 1. The van der Waals surface area contributed by atoms with E-state index in [0.29, 0.717) is 6.42 Å². The number of benzene rings is 2. The molecule has 0 aliphatic heterocycles. The van der Waals surface area contributed by atoms with E-state index in [-0.39, 0.29) is 11.9 Å². The third kappa shape index (κ3) is 4.05. The number of rotatable bonds is 5. The first-order chi connectivity index (χ1) is 13.3. The molecule has 0 saturated heterocycles. The number of aryl methyl sites for hydroxylation is 1. The van der Waals surface area contributed by atoms with Crippen molar-refractivity contribution in [2.75, 3.05) is 0 Å². The van der Waals surface area contributed by atoms with Crippen molar-refractivity contribution in [3.05, 3.63) is 77.6 Å². The van der Waals surface area contributed by atoms with Gasteiger partial charge in [-0.1, -0.05) is 61.0 Å². The minimum atomic E-state index is -0.474. The fourth-order valence-corrected chi connectivity index (χ4v) is 3.79. The highest BCUT2D eigenvalue weighted by atomic mass is 16.2. The first-order valence-electron chi connectivity index (χ1n) is 9.46. The zero-order valence-corrected chi connectivity index (χ0v) is 15.2. The Morgan fingerprint density at radius 3 is 2.74 bits per heavy atom. The van der Waals surface area contributed by atoms with Crippen LogP contribution in [-0.2, 0) is 17.6 Å². The van der Waals surface area contributed by atoms with Gasteiger partial charge in [-0.25, -0.2) is 4.68 Å². The van der Waals surface area contributed by atoms with Crippen molar-refractivity contribution >= 4 is 5.91 Å². The highest BCUT2D eigenvalue weighted by molar-refractivity contribution is 5.81. The summed E-state index contributed by atoms with van der Waals surface area (Å²) in [5, 5.41) is 14.7. The Labute approximate surface area is 158 Å². The second kappa shape index (κ2) is 8.12. The molecule has 2 atom stereocenters. The van der Waals surface area contributed by atoms with Crippen molar-refractivity contribution in [2.24, 2.45) is 0 Å². The van der Waals surface area contributed by atoms with Gasteiger partial charge in [0.25, 0.3) is 0 Å². The van der Waals surface area contributed by atoms with Gasteiger partial charge in [0.2, 0.25) is 5.91 Å². The van der Waals surface area contributed by atoms with E-state index in [1.807, 2.05) is 36.4 Å². The molecule has 0 unspecified atom stereocenters. The van der Waals surface area contributed by atoms with Crippen LogP contribution in [0.4, 0.5) is 0 Å². The molecule has 1 heterocycles. The molecule has 138 valence electrons. The number of fused-ring (bicyclic) bond motifs is 1. The quantitative estimate of drug-likeness (QED) is 0.709. The molecule has 0 bridgehead atoms. The SMILES string of the molecule is O=C(N[C@H]1CCCCc2ccccc21)[C@@H](Cc1ccccc1)n1cnnn1. The standard InChI is InChI=1S/C21H23N5O/c27-21(23-19-13-7-5-11-17-10-4-6-12-18(17)19)20(26-15-22-24-25-26)14-16-8-2-1-3-9-16/h1-4,6,8-10,12,15,19-20H,5,7,11,13-14H2,(H,23,27)/t19-,20+/m0/s1. The maximum Gasteiger partial charge on any atom is 0.245 e. The largest absolute Gasteiger partial charge is 0.347 e. The second-order valence-corrected chi connectivity index (χ2v) is 7.00. The third-order valence-corrected chi connectivity index (χ3v) is 5.19. The lowest BCUT2D eigenvalue weighted by Gasteiger charge is -2.23. The molecular formula is C21H23N5O. The van der Waals surface area contributed by atoms with Crippen molar-refractivity contribution in [3.63, 3.8) is 0 Å². The first-order valence-corrected chi connectivity index (χ1v) is 9.46. The van der Waals surface area contributed by atoms with E-state index >= 15 is 0 Å². The van der Waals surface area contributed by atoms with Crippen LogP contribution in [0.1, 0.15) is 48.0 Å². The van der Waals surface area contributed by atoms with E-state index in [4.69, 9.17) is 0 Å². The number of nitrogens with one attached hydrogen (secondary N) is 1. The topological polar surface area (TPSA) is 72.7 Å². The van der Waals surface area contributed by atoms with E-state index in [1.54, 1.807) is 4.68 Å². The summed E-state index contributed by atoms with van der Waals surface area (Å²) in [5.41, 5.74) is 3.65. The lowest BCUT2D eigenvalue weighted by molar-refractivity contribution is -0.125. The Bertz CT molecular complexity index is 879. The molecule has 1 aliphatic carbocycles. The van der Waals surface area contributed by atoms with E-state index in [9.17, 15) is 4.79 Å². The Balaban J connectivity index is 1.57. The summed E-state index contributed by atoms with van der Waals surface area (Å²) in [4.78, 5) is 13.2. The van der Waals surface area contributed by atoms with Crippen LogP contribution in [0, 0.1) is 0 Å². The maximum atomic E-state index is 13.2. The number of hydrogen-bond donors (Lipinski definition) is 1. The van der Waals surface area contributed by atoms with Crippen molar-refractivity contribution in [1.82, 2.24) is 25.5 Å². The molecule has 1 aromatic heterocycles. The van der Waals surface area contributed by atoms with Crippen LogP contribution in [0.15, 0.2) is 60.9 Å². The van der Waals surface area contributed by atoms with E-state index in [0.717, 1.165) is 31.2 Å². The number of aromatic nitrogens is 4. The molecule has 1 N–H and O–H groups in total. The summed E-state index contributed by atoms with van der Waals surface area (Å²) >= 11 is 0. The Hall–Kier alpha value is -3.02. The Kier molecular flexibility index (Phi) is 5.23. The maximum absolute atomic E-state index is 13.2. The molecule has 3 aromatic rings. The van der Waals surface area contributed by atoms with Gasteiger partial charge in [0.1, 0.15) is 12.4 Å². The van der Waals surface area contributed by atoms with Crippen molar-refractivity contribution in [3.8, 4) is 0 Å². The van der Waals surface area contributed by atoms with Gasteiger partial charge in [0.15, 0.2) is 0 Å². The molecule has 1 amide bonds. The number of carbonyl (C=O) groups excluding carboxylic acids is 1. The third-order valence-electron chi connectivity index (χ3n) is 5.19. The van der Waals surface area contributed by atoms with E-state index < -0.39 is 6.04 Å². The van der Waals surface area contributed by atoms with Crippen LogP contribution in [0.3, 0.4) is 0 Å². The number of amides is 1. The van der Waals surface area contributed by atoms with Crippen LogP contribution >= 0.6 is 0 Å². The van der Waals surface area contributed by atoms with Gasteiger partial charge in [-0.2, -0.15) is 0 Å². The Morgan fingerprint density at radius 2 is 1.93 bits per heavy atom. The first kappa shape index (κ1) is 17.4. The summed E-state index contributed by atoms with van der Waals surface area (Å²) in [6.45, 7) is 0. The fraction of sp³-hybridized carbons (Fsp3) is 0.333. The summed E-state index contributed by atoms with van der Waals surface area (Å²) in [7, 11) is 0. The molecule has 0 saturated carbocycles. The van der Waals surface area contributed by atoms with Gasteiger partial charge in [-0.15, -0.1) is 5.10 Å². The van der Waals surface area contributed by atoms with Crippen LogP contribution in [0.25, 0.3) is 0 Å². The monoisotopic (exact) mass is 361 g/mol. The van der Waals surface area contributed by atoms with Crippen LogP contribution in [0.5, 0.6) is 0 Å². The van der Waals surface area contributed by atoms with Gasteiger partial charge in [0, 0.05) is 6.42 Å². The predicted octanol–water partition coefficient (Wildman–Crippen LogP) is 3.04. The molecule has 27 heavy (non-hydrogen) atoms. The fourth-order valence-electron chi connectivity index (χ4n) is 3.79. The molecule has 4 rings (SSSR count). The number of nitrogens with zero attached hydrogens (tertiary/aromatic N) is 4. The number of hydrogen-bond acceptors (Lipinski definition) is 4. The van der Waals surface area contributed by atoms with Gasteiger partial charge >= 0.3 is 0 Å². The van der Waals surface area contributed by atoms with Crippen LogP contribution < -0.4 is 5.32 Å². The summed E-state index contributed by atoms with van der Waals surface area (Å²) in [5.74, 6) is -0.0483. The van der Waals surface area contributed by atoms with Gasteiger partial charge < -0.3 is 5.32 Å². The van der Waals surface area contributed by atoms with Gasteiger partial charge in [-0.3, -0.25) is 4.79 Å². The zero-order valence-electron chi connectivity index (χ0n) is 15.2. The minimum Gasteiger partial charge on any atom is -0.347 e. The summed E-state index contributed by atoms with van der Waals surface area (Å²) in [6, 6.07) is 17.9. The summed E-state index contributed by atoms with van der Waals surface area (Å²) < 4.78 is 1.55. The molecular weight excluding hydrogens is 338 g/mol. The normalized spacial score (nSPS) is 17.6. The van der Waals surface area contributed by atoms with Gasteiger partial charge in [0.05, 0.1) is 6.04 Å². The van der Waals surface area contributed by atoms with Crippen molar-refractivity contribution in [2.45, 2.75) is 44.2 Å². The molecule has 0 radical (unpaired) electrons. The highest BCUT2D eigenvalue weighted by Crippen LogP contribution is 2.29. The lowest BCUT2D eigenvalue weighted by atomic mass is 9.98. The number of tetrazole rings is 1. The lowest BCUT2D eigenvalue weighted by Crippen LogP contribution is -2.37. The molecule has 2 aromatic carbocycles. The van der Waals surface area contributed by atoms with Crippen molar-refractivity contribution in [1.29, 1.82) is 0 Å². The Morgan fingerprint density at radius 1 is 1.11 bits per heavy atom. The van der Waals surface area contributed by atoms with Crippen LogP contribution in [0.2, 0.25) is 0 Å². The average molecular weight is 361 g/mol. The van der Waals surface area contributed by atoms with Crippen molar-refractivity contribution < 1.29 is 4.79 Å². The minimum absolute atomic E-state index is 0.0333. The smallest absolute Gasteiger partial charge is 0.245 e. The van der Waals surface area contributed by atoms with Gasteiger partial charge in [-0.05, 0) is 46.4 Å². The predicted molar refractivity (Wildman–Crippen MR) is 102 cm³/mol. The van der Waals surface area contributed by atoms with E-state index in [2.05, 4.69) is 39.0 Å². The van der Waals surface area contributed by atoms with E-state index in [1.165, 1.54) is 17.5 Å². The molecule has 0 spiro atoms. The summed E-state index contributed by atoms with van der Waals surface area (Å²) in [6.07, 6.45) is 6.34. The molecule has 1 aliphatic rings. The zero-order chi connectivity index (χ0) is 18.5. The van der Waals surface area contributed by atoms with Crippen LogP contribution in [-0.4, -0.2) is 26.1 Å². The second-order valence-electron chi connectivity index (χ2n) is 7.00. The molecule has 6 nitrogen and oxygen atoms in total. The molecule has 0 fully saturated rings. The average Bonchev–Trinajstić information content (AvgIpc) is 3.16. The highest BCUT2D eigenvalue weighted by Gasteiger charge is 2.27.